The van der Waals surface area contributed by atoms with E-state index in [2.05, 4.69) is 22.5 Å². The van der Waals surface area contributed by atoms with E-state index in [0.717, 1.165) is 17.6 Å². The van der Waals surface area contributed by atoms with Gasteiger partial charge >= 0.3 is 0 Å². The van der Waals surface area contributed by atoms with Crippen molar-refractivity contribution in [3.63, 3.8) is 0 Å². The van der Waals surface area contributed by atoms with Crippen molar-refractivity contribution >= 4 is 17.3 Å². The van der Waals surface area contributed by atoms with Crippen LogP contribution in [0.4, 0.5) is 0 Å². The molecule has 0 amide bonds. The van der Waals surface area contributed by atoms with Crippen molar-refractivity contribution in [2.24, 2.45) is 5.92 Å². The first kappa shape index (κ1) is 13.3. The van der Waals surface area contributed by atoms with Gasteiger partial charge in [0.05, 0.1) is 0 Å². The molecule has 0 saturated heterocycles. The van der Waals surface area contributed by atoms with E-state index in [1.165, 1.54) is 31.2 Å². The highest BCUT2D eigenvalue weighted by atomic mass is 32.1. The highest BCUT2D eigenvalue weighted by Crippen LogP contribution is 2.23. The van der Waals surface area contributed by atoms with Gasteiger partial charge in [-0.15, -0.1) is 0 Å². The summed E-state index contributed by atoms with van der Waals surface area (Å²) in [6.45, 7) is 3.07. The van der Waals surface area contributed by atoms with E-state index in [1.54, 1.807) is 12.4 Å². The first-order valence-electron chi connectivity index (χ1n) is 6.69. The van der Waals surface area contributed by atoms with Crippen LogP contribution in [0.5, 0.6) is 0 Å². The number of nitrogens with one attached hydrogen (secondary N) is 2. The monoisotopic (exact) mass is 263 g/mol. The number of pyridine rings is 1. The molecule has 1 heterocycles. The Morgan fingerprint density at radius 2 is 2.06 bits per heavy atom. The third kappa shape index (κ3) is 3.95. The lowest BCUT2D eigenvalue weighted by molar-refractivity contribution is 0.308. The number of thiocarbonyl (C=S) groups is 1. The molecule has 0 aromatic carbocycles. The van der Waals surface area contributed by atoms with Crippen LogP contribution in [0.3, 0.4) is 0 Å². The average Bonchev–Trinajstić information content (AvgIpc) is 2.40. The van der Waals surface area contributed by atoms with Crippen LogP contribution in [-0.2, 0) is 6.54 Å². The second-order valence-corrected chi connectivity index (χ2v) is 5.46. The highest BCUT2D eigenvalue weighted by Gasteiger charge is 2.21. The highest BCUT2D eigenvalue weighted by molar-refractivity contribution is 7.80. The lowest BCUT2D eigenvalue weighted by atomic mass is 9.86. The predicted molar refractivity (Wildman–Crippen MR) is 78.2 cm³/mol. The molecule has 0 radical (unpaired) electrons. The van der Waals surface area contributed by atoms with Gasteiger partial charge in [-0.05, 0) is 48.7 Å². The number of hydrogen-bond acceptors (Lipinski definition) is 2. The van der Waals surface area contributed by atoms with Crippen LogP contribution in [0.2, 0.25) is 0 Å². The number of aromatic nitrogens is 1. The average molecular weight is 263 g/mol. The van der Waals surface area contributed by atoms with Crippen molar-refractivity contribution in [2.45, 2.75) is 45.2 Å². The quantitative estimate of drug-likeness (QED) is 0.822. The topological polar surface area (TPSA) is 37.0 Å². The van der Waals surface area contributed by atoms with E-state index < -0.39 is 0 Å². The maximum absolute atomic E-state index is 5.35. The molecule has 0 unspecified atom stereocenters. The molecule has 1 aromatic heterocycles. The second kappa shape index (κ2) is 6.69. The lowest BCUT2D eigenvalue weighted by Crippen LogP contribution is -2.45. The van der Waals surface area contributed by atoms with Gasteiger partial charge in [0.25, 0.3) is 0 Å². The summed E-state index contributed by atoms with van der Waals surface area (Å²) in [5, 5.41) is 7.47. The first-order chi connectivity index (χ1) is 8.75. The summed E-state index contributed by atoms with van der Waals surface area (Å²) < 4.78 is 0. The van der Waals surface area contributed by atoms with E-state index in [0.29, 0.717) is 6.04 Å². The molecule has 1 saturated carbocycles. The molecule has 4 heteroatoms. The van der Waals surface area contributed by atoms with Crippen molar-refractivity contribution in [3.05, 3.63) is 30.1 Å². The SMILES string of the molecule is C[C@@H]1CCCC[C@@H]1NC(=S)NCc1ccncc1. The van der Waals surface area contributed by atoms with Crippen LogP contribution in [0.25, 0.3) is 0 Å². The van der Waals surface area contributed by atoms with E-state index in [9.17, 15) is 0 Å². The minimum atomic E-state index is 0.538. The van der Waals surface area contributed by atoms with Crippen molar-refractivity contribution in [2.75, 3.05) is 0 Å². The molecule has 18 heavy (non-hydrogen) atoms. The molecule has 3 nitrogen and oxygen atoms in total. The zero-order valence-corrected chi connectivity index (χ0v) is 11.7. The van der Waals surface area contributed by atoms with E-state index >= 15 is 0 Å². The van der Waals surface area contributed by atoms with Gasteiger partial charge in [-0.2, -0.15) is 0 Å². The van der Waals surface area contributed by atoms with Gasteiger partial charge in [-0.25, -0.2) is 0 Å². The van der Waals surface area contributed by atoms with Crippen molar-refractivity contribution in [3.8, 4) is 0 Å². The van der Waals surface area contributed by atoms with Crippen LogP contribution in [0.15, 0.2) is 24.5 Å². The minimum Gasteiger partial charge on any atom is -0.360 e. The molecule has 1 aliphatic carbocycles. The predicted octanol–water partition coefficient (Wildman–Crippen LogP) is 2.62. The maximum atomic E-state index is 5.35. The third-order valence-corrected chi connectivity index (χ3v) is 3.89. The summed E-state index contributed by atoms with van der Waals surface area (Å²) in [7, 11) is 0. The maximum Gasteiger partial charge on any atom is 0.166 e. The Labute approximate surface area is 114 Å². The summed E-state index contributed by atoms with van der Waals surface area (Å²) >= 11 is 5.35. The van der Waals surface area contributed by atoms with Gasteiger partial charge in [0.15, 0.2) is 5.11 Å². The minimum absolute atomic E-state index is 0.538. The largest absolute Gasteiger partial charge is 0.360 e. The molecule has 2 N–H and O–H groups in total. The third-order valence-electron chi connectivity index (χ3n) is 3.63. The molecule has 1 aliphatic rings. The number of nitrogens with zero attached hydrogens (tertiary/aromatic N) is 1. The van der Waals surface area contributed by atoms with Gasteiger partial charge < -0.3 is 10.6 Å². The molecule has 1 aromatic rings. The van der Waals surface area contributed by atoms with E-state index in [1.807, 2.05) is 12.1 Å². The van der Waals surface area contributed by atoms with Crippen LogP contribution in [0.1, 0.15) is 38.2 Å². The summed E-state index contributed by atoms with van der Waals surface area (Å²) in [6.07, 6.45) is 8.82. The Hall–Kier alpha value is -1.16. The summed E-state index contributed by atoms with van der Waals surface area (Å²) in [4.78, 5) is 4.00. The molecular formula is C14H21N3S. The molecular weight excluding hydrogens is 242 g/mol. The Morgan fingerprint density at radius 3 is 2.78 bits per heavy atom. The molecule has 1 fully saturated rings. The molecule has 0 aliphatic heterocycles. The Morgan fingerprint density at radius 1 is 1.33 bits per heavy atom. The second-order valence-electron chi connectivity index (χ2n) is 5.05. The standard InChI is InChI=1S/C14H21N3S/c1-11-4-2-3-5-13(11)17-14(18)16-10-12-6-8-15-9-7-12/h6-9,11,13H,2-5,10H2,1H3,(H2,16,17,18)/t11-,13+/m1/s1. The number of hydrogen-bond donors (Lipinski definition) is 2. The van der Waals surface area contributed by atoms with Crippen LogP contribution in [0, 0.1) is 5.92 Å². The van der Waals surface area contributed by atoms with Crippen LogP contribution < -0.4 is 10.6 Å². The number of rotatable bonds is 3. The van der Waals surface area contributed by atoms with E-state index in [4.69, 9.17) is 12.2 Å². The van der Waals surface area contributed by atoms with Crippen molar-refractivity contribution < 1.29 is 0 Å². The Bertz CT molecular complexity index is 380. The fourth-order valence-corrected chi connectivity index (χ4v) is 2.66. The van der Waals surface area contributed by atoms with Crippen molar-refractivity contribution in [1.29, 1.82) is 0 Å². The lowest BCUT2D eigenvalue weighted by Gasteiger charge is -2.30. The zero-order chi connectivity index (χ0) is 12.8. The molecule has 2 atom stereocenters. The summed E-state index contributed by atoms with van der Waals surface area (Å²) in [6, 6.07) is 4.54. The van der Waals surface area contributed by atoms with Gasteiger partial charge in [-0.1, -0.05) is 19.8 Å². The fourth-order valence-electron chi connectivity index (χ4n) is 2.43. The summed E-state index contributed by atoms with van der Waals surface area (Å²) in [5.74, 6) is 0.722. The normalized spacial score (nSPS) is 23.4. The molecule has 0 bridgehead atoms. The van der Waals surface area contributed by atoms with Crippen molar-refractivity contribution in [1.82, 2.24) is 15.6 Å². The van der Waals surface area contributed by atoms with Crippen LogP contribution >= 0.6 is 12.2 Å². The molecule has 0 spiro atoms. The fraction of sp³-hybridized carbons (Fsp3) is 0.571. The summed E-state index contributed by atoms with van der Waals surface area (Å²) in [5.41, 5.74) is 1.20. The van der Waals surface area contributed by atoms with Gasteiger partial charge in [0.2, 0.25) is 0 Å². The zero-order valence-electron chi connectivity index (χ0n) is 10.9. The molecule has 2 rings (SSSR count). The first-order valence-corrected chi connectivity index (χ1v) is 7.10. The molecule has 98 valence electrons. The van der Waals surface area contributed by atoms with Gasteiger partial charge in [0, 0.05) is 25.0 Å². The van der Waals surface area contributed by atoms with E-state index in [-0.39, 0.29) is 0 Å². The van der Waals surface area contributed by atoms with Gasteiger partial charge in [0.1, 0.15) is 0 Å². The smallest absolute Gasteiger partial charge is 0.166 e. The Balaban J connectivity index is 1.75. The van der Waals surface area contributed by atoms with Gasteiger partial charge in [-0.3, -0.25) is 4.98 Å². The van der Waals surface area contributed by atoms with Crippen LogP contribution in [-0.4, -0.2) is 16.1 Å². The Kier molecular flexibility index (Phi) is 4.93.